The van der Waals surface area contributed by atoms with Crippen LogP contribution < -0.4 is 23.8 Å². The molecule has 0 bridgehead atoms. The Morgan fingerprint density at radius 3 is 2.13 bits per heavy atom. The van der Waals surface area contributed by atoms with Gasteiger partial charge in [0.25, 0.3) is 0 Å². The van der Waals surface area contributed by atoms with Gasteiger partial charge in [0.2, 0.25) is 11.7 Å². The molecule has 3 rings (SSSR count). The first kappa shape index (κ1) is 28.3. The number of rotatable bonds is 10. The van der Waals surface area contributed by atoms with Crippen LogP contribution in [-0.2, 0) is 27.5 Å². The molecule has 0 saturated carbocycles. The molecule has 3 aromatic rings. The highest BCUT2D eigenvalue weighted by molar-refractivity contribution is 7.87. The van der Waals surface area contributed by atoms with Crippen LogP contribution in [0.2, 0.25) is 0 Å². The topological polar surface area (TPSA) is 113 Å². The number of carbonyl (C=O) groups is 1. The molecule has 9 nitrogen and oxygen atoms in total. The molecule has 202 valence electrons. The molecule has 0 unspecified atom stereocenters. The smallest absolute Gasteiger partial charge is 0.416 e. The minimum atomic E-state index is -4.75. The number of hydrogen-bond acceptors (Lipinski definition) is 8. The van der Waals surface area contributed by atoms with Gasteiger partial charge in [-0.2, -0.15) is 26.7 Å². The molecule has 0 heterocycles. The lowest BCUT2D eigenvalue weighted by Gasteiger charge is -2.14. The summed E-state index contributed by atoms with van der Waals surface area (Å²) in [6.07, 6.45) is -4.16. The van der Waals surface area contributed by atoms with E-state index < -0.39 is 38.2 Å². The molecule has 0 atom stereocenters. The SMILES string of the molecule is COc1cc(CC(=O)NN=Cc2cc(C(F)(F)F)ccc2S(=O)(=O)Oc2ccccc2)cc(OC)c1OC. The van der Waals surface area contributed by atoms with Gasteiger partial charge in [-0.25, -0.2) is 5.43 Å². The Bertz CT molecular complexity index is 1400. The van der Waals surface area contributed by atoms with Crippen molar-refractivity contribution in [3.63, 3.8) is 0 Å². The Kier molecular flexibility index (Phi) is 8.84. The van der Waals surface area contributed by atoms with Crippen LogP contribution in [0.3, 0.4) is 0 Å². The lowest BCUT2D eigenvalue weighted by Crippen LogP contribution is -2.20. The highest BCUT2D eigenvalue weighted by Gasteiger charge is 2.32. The number of amides is 1. The fourth-order valence-corrected chi connectivity index (χ4v) is 4.43. The zero-order valence-electron chi connectivity index (χ0n) is 20.4. The normalized spacial score (nSPS) is 11.7. The van der Waals surface area contributed by atoms with Crippen molar-refractivity contribution in [2.75, 3.05) is 21.3 Å². The third kappa shape index (κ3) is 6.94. The van der Waals surface area contributed by atoms with Crippen molar-refractivity contribution < 1.29 is 44.8 Å². The number of alkyl halides is 3. The number of halogens is 3. The van der Waals surface area contributed by atoms with E-state index in [2.05, 4.69) is 10.5 Å². The summed E-state index contributed by atoms with van der Waals surface area (Å²) in [5, 5.41) is 3.66. The number of hydrazone groups is 1. The fourth-order valence-electron chi connectivity index (χ4n) is 3.34. The molecule has 38 heavy (non-hydrogen) atoms. The van der Waals surface area contributed by atoms with Gasteiger partial charge in [-0.3, -0.25) is 4.79 Å². The van der Waals surface area contributed by atoms with Crippen LogP contribution in [0.5, 0.6) is 23.0 Å². The molecule has 0 aliphatic heterocycles. The van der Waals surface area contributed by atoms with E-state index in [1.54, 1.807) is 18.2 Å². The summed E-state index contributed by atoms with van der Waals surface area (Å²) in [6.45, 7) is 0. The first-order chi connectivity index (χ1) is 18.0. The van der Waals surface area contributed by atoms with Crippen LogP contribution >= 0.6 is 0 Å². The Morgan fingerprint density at radius 1 is 0.947 bits per heavy atom. The van der Waals surface area contributed by atoms with Crippen molar-refractivity contribution in [2.45, 2.75) is 17.5 Å². The fraction of sp³-hybridized carbons (Fsp3) is 0.200. The van der Waals surface area contributed by atoms with Crippen molar-refractivity contribution >= 4 is 22.2 Å². The molecular weight excluding hydrogens is 529 g/mol. The van der Waals surface area contributed by atoms with Crippen LogP contribution in [0.1, 0.15) is 16.7 Å². The second kappa shape index (κ2) is 11.9. The summed E-state index contributed by atoms with van der Waals surface area (Å²) < 4.78 is 86.2. The van der Waals surface area contributed by atoms with E-state index in [4.69, 9.17) is 18.4 Å². The zero-order chi connectivity index (χ0) is 27.9. The second-order valence-electron chi connectivity index (χ2n) is 7.60. The summed E-state index contributed by atoms with van der Waals surface area (Å²) in [4.78, 5) is 11.9. The van der Waals surface area contributed by atoms with Gasteiger partial charge >= 0.3 is 16.3 Å². The van der Waals surface area contributed by atoms with Crippen molar-refractivity contribution in [2.24, 2.45) is 5.10 Å². The summed E-state index contributed by atoms with van der Waals surface area (Å²) in [7, 11) is -0.293. The number of ether oxygens (including phenoxy) is 3. The molecule has 0 aliphatic carbocycles. The van der Waals surface area contributed by atoms with Crippen LogP contribution in [-0.4, -0.2) is 41.9 Å². The zero-order valence-corrected chi connectivity index (χ0v) is 21.2. The molecule has 3 aromatic carbocycles. The summed E-state index contributed by atoms with van der Waals surface area (Å²) in [6, 6.07) is 12.5. The van der Waals surface area contributed by atoms with Gasteiger partial charge in [0, 0.05) is 5.56 Å². The first-order valence-electron chi connectivity index (χ1n) is 10.8. The van der Waals surface area contributed by atoms with Gasteiger partial charge in [0.1, 0.15) is 10.6 Å². The van der Waals surface area contributed by atoms with E-state index in [1.807, 2.05) is 0 Å². The molecule has 0 aromatic heterocycles. The van der Waals surface area contributed by atoms with Crippen LogP contribution in [0.15, 0.2) is 70.7 Å². The number of nitrogens with one attached hydrogen (secondary N) is 1. The molecule has 1 N–H and O–H groups in total. The van der Waals surface area contributed by atoms with Gasteiger partial charge in [0.15, 0.2) is 11.5 Å². The van der Waals surface area contributed by atoms with Crippen LogP contribution in [0, 0.1) is 0 Å². The lowest BCUT2D eigenvalue weighted by atomic mass is 10.1. The lowest BCUT2D eigenvalue weighted by molar-refractivity contribution is -0.137. The van der Waals surface area contributed by atoms with Crippen LogP contribution in [0.4, 0.5) is 13.2 Å². The number of hydrogen-bond donors (Lipinski definition) is 1. The monoisotopic (exact) mass is 552 g/mol. The molecule has 13 heteroatoms. The minimum absolute atomic E-state index is 0.0334. The molecule has 1 amide bonds. The van der Waals surface area contributed by atoms with E-state index in [0.29, 0.717) is 34.9 Å². The van der Waals surface area contributed by atoms with Crippen molar-refractivity contribution in [3.05, 3.63) is 77.4 Å². The third-order valence-electron chi connectivity index (χ3n) is 5.04. The van der Waals surface area contributed by atoms with E-state index in [0.717, 1.165) is 12.3 Å². The molecule has 0 spiro atoms. The van der Waals surface area contributed by atoms with Crippen LogP contribution in [0.25, 0.3) is 0 Å². The standard InChI is InChI=1S/C25H23F3N2O7S/c1-34-20-11-16(12-21(35-2)24(20)36-3)13-23(31)30-29-15-17-14-18(25(26,27)28)9-10-22(17)38(32,33)37-19-7-5-4-6-8-19/h4-12,14-15H,13H2,1-3H3,(H,30,31). The van der Waals surface area contributed by atoms with Gasteiger partial charge in [-0.15, -0.1) is 0 Å². The highest BCUT2D eigenvalue weighted by atomic mass is 32.2. The van der Waals surface area contributed by atoms with Crippen molar-refractivity contribution in [1.82, 2.24) is 5.43 Å². The number of para-hydroxylation sites is 1. The molecular formula is C25H23F3N2O7S. The maximum Gasteiger partial charge on any atom is 0.416 e. The summed E-state index contributed by atoms with van der Waals surface area (Å²) in [5.41, 5.74) is 1.08. The maximum atomic E-state index is 13.3. The number of methoxy groups -OCH3 is 3. The Morgan fingerprint density at radius 2 is 1.58 bits per heavy atom. The van der Waals surface area contributed by atoms with Gasteiger partial charge in [0.05, 0.1) is 39.5 Å². The van der Waals surface area contributed by atoms with Crippen molar-refractivity contribution in [3.8, 4) is 23.0 Å². The van der Waals surface area contributed by atoms with E-state index in [-0.39, 0.29) is 12.2 Å². The summed E-state index contributed by atoms with van der Waals surface area (Å²) >= 11 is 0. The van der Waals surface area contributed by atoms with E-state index >= 15 is 0 Å². The number of nitrogens with zero attached hydrogens (tertiary/aromatic N) is 1. The molecule has 0 fully saturated rings. The third-order valence-corrected chi connectivity index (χ3v) is 6.36. The molecule has 0 radical (unpaired) electrons. The average molecular weight is 553 g/mol. The van der Waals surface area contributed by atoms with Gasteiger partial charge in [-0.05, 0) is 48.0 Å². The minimum Gasteiger partial charge on any atom is -0.493 e. The summed E-state index contributed by atoms with van der Waals surface area (Å²) in [5.74, 6) is 0.278. The van der Waals surface area contributed by atoms with E-state index in [1.165, 1.54) is 45.6 Å². The maximum absolute atomic E-state index is 13.3. The largest absolute Gasteiger partial charge is 0.493 e. The number of benzene rings is 3. The first-order valence-corrected chi connectivity index (χ1v) is 12.2. The highest BCUT2D eigenvalue weighted by Crippen LogP contribution is 2.38. The number of carbonyl (C=O) groups excluding carboxylic acids is 1. The van der Waals surface area contributed by atoms with Gasteiger partial charge in [-0.1, -0.05) is 18.2 Å². The average Bonchev–Trinajstić information content (AvgIpc) is 2.87. The Balaban J connectivity index is 1.85. The van der Waals surface area contributed by atoms with Crippen molar-refractivity contribution in [1.29, 1.82) is 0 Å². The quantitative estimate of drug-likeness (QED) is 0.228. The Labute approximate surface area is 216 Å². The van der Waals surface area contributed by atoms with Gasteiger partial charge < -0.3 is 18.4 Å². The van der Waals surface area contributed by atoms with E-state index in [9.17, 15) is 26.4 Å². The predicted octanol–water partition coefficient (Wildman–Crippen LogP) is 4.19. The molecule has 0 aliphatic rings. The molecule has 0 saturated heterocycles. The Hall–Kier alpha value is -4.26. The predicted molar refractivity (Wildman–Crippen MR) is 131 cm³/mol. The second-order valence-corrected chi connectivity index (χ2v) is 9.12.